The Morgan fingerprint density at radius 2 is 2.33 bits per heavy atom. The molecular weight excluding hydrogens is 155 g/mol. The molecule has 2 nitrogen and oxygen atoms in total. The van der Waals surface area contributed by atoms with Gasteiger partial charge in [0.2, 0.25) is 0 Å². The number of hydrogen-bond acceptors (Lipinski definition) is 1. The van der Waals surface area contributed by atoms with Gasteiger partial charge in [-0.15, -0.1) is 0 Å². The zero-order valence-electron chi connectivity index (χ0n) is 7.19. The number of rotatable bonds is 2. The minimum Gasteiger partial charge on any atom is -0.342 e. The maximum Gasteiger partial charge on any atom is 0.104 e. The first-order chi connectivity index (χ1) is 5.63. The first-order valence-corrected chi connectivity index (χ1v) is 3.66. The summed E-state index contributed by atoms with van der Waals surface area (Å²) >= 11 is 0. The molecule has 0 aromatic carbocycles. The predicted octanol–water partition coefficient (Wildman–Crippen LogP) is 2.69. The van der Waals surface area contributed by atoms with Gasteiger partial charge in [-0.1, -0.05) is 6.58 Å². The number of nitrogens with one attached hydrogen (secondary N) is 1. The number of nitrogens with zero attached hydrogens (tertiary/aromatic N) is 1. The Kier molecular flexibility index (Phi) is 2.43. The van der Waals surface area contributed by atoms with Crippen LogP contribution in [0.1, 0.15) is 24.1 Å². The molecule has 0 aliphatic rings. The lowest BCUT2D eigenvalue weighted by atomic mass is 10.3. The Morgan fingerprint density at radius 3 is 2.83 bits per heavy atom. The third kappa shape index (κ3) is 1.81. The zero-order chi connectivity index (χ0) is 9.14. The number of aromatic nitrogens is 2. The van der Waals surface area contributed by atoms with Crippen LogP contribution in [0, 0.1) is 6.92 Å². The summed E-state index contributed by atoms with van der Waals surface area (Å²) in [5.41, 5.74) is 1.35. The molecule has 0 bridgehead atoms. The Balaban J connectivity index is 3.13. The molecule has 0 spiro atoms. The van der Waals surface area contributed by atoms with Gasteiger partial charge >= 0.3 is 0 Å². The largest absolute Gasteiger partial charge is 0.342 e. The minimum atomic E-state index is -0.248. The third-order valence-corrected chi connectivity index (χ3v) is 1.42. The maximum atomic E-state index is 12.5. The molecule has 0 radical (unpaired) electrons. The van der Waals surface area contributed by atoms with Gasteiger partial charge in [-0.3, -0.25) is 0 Å². The monoisotopic (exact) mass is 166 g/mol. The topological polar surface area (TPSA) is 28.7 Å². The molecule has 0 saturated heterocycles. The summed E-state index contributed by atoms with van der Waals surface area (Å²) in [6, 6.07) is 0. The molecule has 0 saturated carbocycles. The first-order valence-electron chi connectivity index (χ1n) is 3.66. The van der Waals surface area contributed by atoms with Crippen LogP contribution in [0.25, 0.3) is 12.2 Å². The smallest absolute Gasteiger partial charge is 0.104 e. The molecular formula is C9H11FN2. The summed E-state index contributed by atoms with van der Waals surface area (Å²) in [7, 11) is 0. The van der Waals surface area contributed by atoms with Crippen LogP contribution in [-0.2, 0) is 0 Å². The van der Waals surface area contributed by atoms with E-state index in [0.717, 1.165) is 5.82 Å². The van der Waals surface area contributed by atoms with E-state index in [9.17, 15) is 4.39 Å². The van der Waals surface area contributed by atoms with Crippen molar-refractivity contribution >= 4 is 12.2 Å². The Bertz CT molecular complexity index is 319. The van der Waals surface area contributed by atoms with Crippen molar-refractivity contribution in [2.75, 3.05) is 0 Å². The van der Waals surface area contributed by atoms with Gasteiger partial charge in [0.05, 0.1) is 17.2 Å². The van der Waals surface area contributed by atoms with Gasteiger partial charge in [0.1, 0.15) is 5.82 Å². The van der Waals surface area contributed by atoms with Crippen LogP contribution in [0.3, 0.4) is 0 Å². The van der Waals surface area contributed by atoms with Crippen molar-refractivity contribution in [3.05, 3.63) is 29.6 Å². The second kappa shape index (κ2) is 3.34. The third-order valence-electron chi connectivity index (χ3n) is 1.42. The minimum absolute atomic E-state index is 0.248. The highest BCUT2D eigenvalue weighted by Crippen LogP contribution is 2.11. The zero-order valence-corrected chi connectivity index (χ0v) is 7.19. The standard InChI is InChI=1S/C9H11FN2/c1-4-8-9(5-6(2)10)12-7(3)11-8/h4-5H,1H2,2-3H3,(H,11,12)/b6-5+. The van der Waals surface area contributed by atoms with Gasteiger partial charge < -0.3 is 4.98 Å². The fourth-order valence-corrected chi connectivity index (χ4v) is 0.992. The summed E-state index contributed by atoms with van der Waals surface area (Å²) < 4.78 is 12.5. The number of allylic oxidation sites excluding steroid dienone is 1. The van der Waals surface area contributed by atoms with Crippen LogP contribution in [0.15, 0.2) is 12.4 Å². The average Bonchev–Trinajstić information content (AvgIpc) is 2.29. The van der Waals surface area contributed by atoms with E-state index in [1.165, 1.54) is 13.0 Å². The molecule has 0 unspecified atom stereocenters. The van der Waals surface area contributed by atoms with Gasteiger partial charge in [0.25, 0.3) is 0 Å². The van der Waals surface area contributed by atoms with E-state index < -0.39 is 0 Å². The highest BCUT2D eigenvalue weighted by molar-refractivity contribution is 5.59. The van der Waals surface area contributed by atoms with Gasteiger partial charge in [-0.2, -0.15) is 0 Å². The van der Waals surface area contributed by atoms with Gasteiger partial charge in [0.15, 0.2) is 0 Å². The quantitative estimate of drug-likeness (QED) is 0.718. The van der Waals surface area contributed by atoms with Crippen molar-refractivity contribution in [3.63, 3.8) is 0 Å². The van der Waals surface area contributed by atoms with Crippen molar-refractivity contribution in [2.45, 2.75) is 13.8 Å². The molecule has 0 amide bonds. The van der Waals surface area contributed by atoms with E-state index >= 15 is 0 Å². The second-order valence-electron chi connectivity index (χ2n) is 2.56. The van der Waals surface area contributed by atoms with E-state index in [4.69, 9.17) is 0 Å². The summed E-state index contributed by atoms with van der Waals surface area (Å²) in [4.78, 5) is 7.03. The van der Waals surface area contributed by atoms with Crippen LogP contribution in [0.5, 0.6) is 0 Å². The summed E-state index contributed by atoms with van der Waals surface area (Å²) in [6.07, 6.45) is 3.00. The predicted molar refractivity (Wildman–Crippen MR) is 48.2 cm³/mol. The number of aromatic amines is 1. The highest BCUT2D eigenvalue weighted by atomic mass is 19.1. The second-order valence-corrected chi connectivity index (χ2v) is 2.56. The SMILES string of the molecule is C=Cc1nc(C)[nH]c1/C=C(\C)F. The Labute approximate surface area is 70.8 Å². The van der Waals surface area contributed by atoms with Crippen LogP contribution < -0.4 is 0 Å². The van der Waals surface area contributed by atoms with Gasteiger partial charge in [0, 0.05) is 0 Å². The number of hydrogen-bond donors (Lipinski definition) is 1. The van der Waals surface area contributed by atoms with E-state index in [2.05, 4.69) is 16.5 Å². The molecule has 0 aliphatic carbocycles. The van der Waals surface area contributed by atoms with Crippen LogP contribution in [0.4, 0.5) is 4.39 Å². The molecule has 1 rings (SSSR count). The molecule has 12 heavy (non-hydrogen) atoms. The van der Waals surface area contributed by atoms with Crippen molar-refractivity contribution in [2.24, 2.45) is 0 Å². The lowest BCUT2D eigenvalue weighted by Crippen LogP contribution is -1.76. The normalized spacial score (nSPS) is 11.8. The fourth-order valence-electron chi connectivity index (χ4n) is 0.992. The van der Waals surface area contributed by atoms with E-state index in [-0.39, 0.29) is 5.83 Å². The number of halogens is 1. The molecule has 1 N–H and O–H groups in total. The average molecular weight is 166 g/mol. The first kappa shape index (κ1) is 8.71. The lowest BCUT2D eigenvalue weighted by Gasteiger charge is -1.88. The van der Waals surface area contributed by atoms with E-state index in [1.807, 2.05) is 6.92 Å². The van der Waals surface area contributed by atoms with E-state index in [0.29, 0.717) is 11.4 Å². The van der Waals surface area contributed by atoms with E-state index in [1.54, 1.807) is 6.08 Å². The summed E-state index contributed by atoms with van der Waals surface area (Å²) in [5.74, 6) is 0.513. The Morgan fingerprint density at radius 1 is 1.67 bits per heavy atom. The molecule has 0 atom stereocenters. The van der Waals surface area contributed by atoms with Crippen molar-refractivity contribution in [3.8, 4) is 0 Å². The summed E-state index contributed by atoms with van der Waals surface area (Å²) in [6.45, 7) is 6.79. The Hall–Kier alpha value is -1.38. The lowest BCUT2D eigenvalue weighted by molar-refractivity contribution is 0.648. The fraction of sp³-hybridized carbons (Fsp3) is 0.222. The molecule has 0 fully saturated rings. The molecule has 1 heterocycles. The maximum absolute atomic E-state index is 12.5. The number of aryl methyl sites for hydroxylation is 1. The van der Waals surface area contributed by atoms with Crippen molar-refractivity contribution < 1.29 is 4.39 Å². The highest BCUT2D eigenvalue weighted by Gasteiger charge is 2.01. The molecule has 64 valence electrons. The van der Waals surface area contributed by atoms with Gasteiger partial charge in [-0.05, 0) is 26.0 Å². The number of imidazole rings is 1. The molecule has 1 aromatic rings. The van der Waals surface area contributed by atoms with Crippen LogP contribution >= 0.6 is 0 Å². The van der Waals surface area contributed by atoms with Crippen LogP contribution in [0.2, 0.25) is 0 Å². The van der Waals surface area contributed by atoms with Gasteiger partial charge in [-0.25, -0.2) is 9.37 Å². The molecule has 0 aliphatic heterocycles. The van der Waals surface area contributed by atoms with Crippen molar-refractivity contribution in [1.29, 1.82) is 0 Å². The van der Waals surface area contributed by atoms with Crippen LogP contribution in [-0.4, -0.2) is 9.97 Å². The van der Waals surface area contributed by atoms with Crippen molar-refractivity contribution in [1.82, 2.24) is 9.97 Å². The molecule has 1 aromatic heterocycles. The number of H-pyrrole nitrogens is 1. The summed E-state index contributed by atoms with van der Waals surface area (Å²) in [5, 5.41) is 0. The molecule has 3 heteroatoms.